The number of thioether (sulfide) groups is 1. The Kier molecular flexibility index (Phi) is 7.08. The molecule has 27 heavy (non-hydrogen) atoms. The zero-order valence-corrected chi connectivity index (χ0v) is 17.2. The van der Waals surface area contributed by atoms with Crippen LogP contribution >= 0.6 is 35.0 Å². The fourth-order valence-electron chi connectivity index (χ4n) is 2.27. The van der Waals surface area contributed by atoms with Crippen LogP contribution in [0.5, 0.6) is 0 Å². The van der Waals surface area contributed by atoms with Crippen LogP contribution in [-0.2, 0) is 17.0 Å². The van der Waals surface area contributed by atoms with Gasteiger partial charge in [-0.25, -0.2) is 4.68 Å². The van der Waals surface area contributed by atoms with Gasteiger partial charge in [-0.15, -0.1) is 0 Å². The number of hydrogen-bond donors (Lipinski definition) is 1. The molecule has 0 radical (unpaired) electrons. The smallest absolute Gasteiger partial charge is 0.368 e. The Morgan fingerprint density at radius 2 is 1.96 bits per heavy atom. The molecular weight excluding hydrogens is 444 g/mol. The fourth-order valence-corrected chi connectivity index (χ4v) is 4.01. The lowest BCUT2D eigenvalue weighted by Gasteiger charge is -2.15. The summed E-state index contributed by atoms with van der Waals surface area (Å²) in [5, 5.41) is 15.8. The molecule has 1 atom stereocenters. The van der Waals surface area contributed by atoms with Crippen LogP contribution in [0.15, 0.2) is 17.0 Å². The maximum absolute atomic E-state index is 13.0. The van der Waals surface area contributed by atoms with Crippen LogP contribution in [0.2, 0.25) is 10.0 Å². The van der Waals surface area contributed by atoms with E-state index in [0.717, 1.165) is 16.8 Å². The molecule has 0 bridgehead atoms. The van der Waals surface area contributed by atoms with Crippen molar-refractivity contribution in [1.82, 2.24) is 9.78 Å². The lowest BCUT2D eigenvalue weighted by atomic mass is 10.2. The van der Waals surface area contributed by atoms with Gasteiger partial charge in [-0.2, -0.15) is 35.3 Å². The normalized spacial score (nSPS) is 12.7. The molecule has 5 nitrogen and oxygen atoms in total. The Bertz CT molecular complexity index is 902. The van der Waals surface area contributed by atoms with Crippen molar-refractivity contribution in [3.63, 3.8) is 0 Å². The predicted molar refractivity (Wildman–Crippen MR) is 103 cm³/mol. The van der Waals surface area contributed by atoms with Gasteiger partial charge in [0.2, 0.25) is 0 Å². The van der Waals surface area contributed by atoms with Crippen molar-refractivity contribution in [3.8, 4) is 11.8 Å². The quantitative estimate of drug-likeness (QED) is 0.643. The summed E-state index contributed by atoms with van der Waals surface area (Å²) in [6.07, 6.45) is -1.36. The van der Waals surface area contributed by atoms with Crippen molar-refractivity contribution in [2.24, 2.45) is 0 Å². The molecule has 1 aromatic heterocycles. The minimum Gasteiger partial charge on any atom is -0.368 e. The van der Waals surface area contributed by atoms with Gasteiger partial charge in [0.15, 0.2) is 5.69 Å². The Balaban J connectivity index is 2.71. The average Bonchev–Trinajstić information content (AvgIpc) is 2.92. The largest absolute Gasteiger partial charge is 0.416 e. The van der Waals surface area contributed by atoms with Gasteiger partial charge in [0.05, 0.1) is 26.4 Å². The molecule has 1 unspecified atom stereocenters. The summed E-state index contributed by atoms with van der Waals surface area (Å²) in [6, 6.07) is 3.29. The van der Waals surface area contributed by atoms with Gasteiger partial charge in [0.25, 0.3) is 0 Å². The number of aromatic nitrogens is 2. The molecule has 0 saturated carbocycles. The maximum atomic E-state index is 13.0. The molecule has 0 spiro atoms. The Labute approximate surface area is 170 Å². The zero-order chi connectivity index (χ0) is 20.4. The van der Waals surface area contributed by atoms with Crippen LogP contribution in [0.1, 0.15) is 11.3 Å². The molecule has 0 amide bonds. The number of alkyl halides is 3. The zero-order valence-electron chi connectivity index (χ0n) is 14.0. The van der Waals surface area contributed by atoms with E-state index in [4.69, 9.17) is 23.2 Å². The van der Waals surface area contributed by atoms with Crippen molar-refractivity contribution in [1.29, 1.82) is 5.26 Å². The van der Waals surface area contributed by atoms with Gasteiger partial charge in [-0.1, -0.05) is 23.2 Å². The Morgan fingerprint density at radius 3 is 2.41 bits per heavy atom. The van der Waals surface area contributed by atoms with Crippen LogP contribution in [-0.4, -0.2) is 38.8 Å². The second kappa shape index (κ2) is 8.73. The summed E-state index contributed by atoms with van der Waals surface area (Å²) in [7, 11) is -1.58. The number of rotatable bonds is 6. The van der Waals surface area contributed by atoms with Crippen LogP contribution < -0.4 is 5.32 Å². The van der Waals surface area contributed by atoms with E-state index in [2.05, 4.69) is 10.4 Å². The summed E-state index contributed by atoms with van der Waals surface area (Å²) in [6.45, 7) is 0.442. The molecule has 1 heterocycles. The fraction of sp³-hybridized carbons (Fsp3) is 0.333. The van der Waals surface area contributed by atoms with E-state index in [0.29, 0.717) is 12.3 Å². The van der Waals surface area contributed by atoms with E-state index in [1.165, 1.54) is 6.26 Å². The highest BCUT2D eigenvalue weighted by Gasteiger charge is 2.33. The average molecular weight is 457 g/mol. The number of benzene rings is 1. The minimum atomic E-state index is -4.62. The SMILES string of the molecule is CSCCNc1c(S(C)=O)c(C#N)nn1-c1c(Cl)cc(C(F)(F)F)cc1Cl. The van der Waals surface area contributed by atoms with E-state index in [9.17, 15) is 22.6 Å². The minimum absolute atomic E-state index is 0.0359. The highest BCUT2D eigenvalue weighted by molar-refractivity contribution is 7.98. The van der Waals surface area contributed by atoms with Gasteiger partial charge >= 0.3 is 6.18 Å². The molecule has 12 heteroatoms. The number of nitrogens with one attached hydrogen (secondary N) is 1. The number of nitrogens with zero attached hydrogens (tertiary/aromatic N) is 3. The molecule has 2 rings (SSSR count). The molecule has 1 aromatic carbocycles. The molecule has 0 aliphatic heterocycles. The summed E-state index contributed by atoms with van der Waals surface area (Å²) in [5.41, 5.74) is -1.18. The van der Waals surface area contributed by atoms with Crippen molar-refractivity contribution in [2.75, 3.05) is 30.1 Å². The highest BCUT2D eigenvalue weighted by Crippen LogP contribution is 2.39. The lowest BCUT2D eigenvalue weighted by molar-refractivity contribution is -0.137. The van der Waals surface area contributed by atoms with Gasteiger partial charge < -0.3 is 5.32 Å². The van der Waals surface area contributed by atoms with Crippen molar-refractivity contribution in [3.05, 3.63) is 33.4 Å². The Morgan fingerprint density at radius 1 is 1.37 bits per heavy atom. The monoisotopic (exact) mass is 456 g/mol. The number of nitriles is 1. The van der Waals surface area contributed by atoms with Crippen molar-refractivity contribution < 1.29 is 17.4 Å². The summed E-state index contributed by atoms with van der Waals surface area (Å²) in [4.78, 5) is 0.130. The van der Waals surface area contributed by atoms with Gasteiger partial charge in [-0.3, -0.25) is 4.21 Å². The van der Waals surface area contributed by atoms with Gasteiger partial charge in [0, 0.05) is 18.6 Å². The maximum Gasteiger partial charge on any atom is 0.416 e. The standard InChI is InChI=1S/C15H13Cl2F3N4OS2/c1-26-4-3-22-14-13(27(2)25)11(7-21)23-24(14)12-9(16)5-8(6-10(12)17)15(18,19)20/h5-6,22H,3-4H2,1-2H3. The van der Waals surface area contributed by atoms with Crippen LogP contribution in [0.25, 0.3) is 5.69 Å². The van der Waals surface area contributed by atoms with E-state index in [1.54, 1.807) is 11.8 Å². The van der Waals surface area contributed by atoms with Gasteiger partial charge in [-0.05, 0) is 18.4 Å². The topological polar surface area (TPSA) is 70.7 Å². The molecule has 0 saturated heterocycles. The van der Waals surface area contributed by atoms with Crippen LogP contribution in [0.3, 0.4) is 0 Å². The van der Waals surface area contributed by atoms with Gasteiger partial charge in [0.1, 0.15) is 22.5 Å². The van der Waals surface area contributed by atoms with Crippen molar-refractivity contribution >= 4 is 51.6 Å². The molecule has 0 aliphatic rings. The van der Waals surface area contributed by atoms with E-state index in [-0.39, 0.29) is 32.1 Å². The second-order valence-corrected chi connectivity index (χ2v) is 8.33. The number of hydrogen-bond acceptors (Lipinski definition) is 5. The number of anilines is 1. The third-order valence-electron chi connectivity index (χ3n) is 3.39. The molecular formula is C15H13Cl2F3N4OS2. The third-order valence-corrected chi connectivity index (χ3v) is 5.54. The molecule has 1 N–H and O–H groups in total. The van der Waals surface area contributed by atoms with E-state index in [1.807, 2.05) is 12.3 Å². The van der Waals surface area contributed by atoms with E-state index >= 15 is 0 Å². The number of halogens is 5. The first-order chi connectivity index (χ1) is 12.6. The predicted octanol–water partition coefficient (Wildman–Crippen LogP) is 4.58. The highest BCUT2D eigenvalue weighted by atomic mass is 35.5. The third kappa shape index (κ3) is 4.71. The lowest BCUT2D eigenvalue weighted by Crippen LogP contribution is -2.12. The van der Waals surface area contributed by atoms with Crippen molar-refractivity contribution in [2.45, 2.75) is 11.1 Å². The second-order valence-electron chi connectivity index (χ2n) is 5.21. The first-order valence-electron chi connectivity index (χ1n) is 7.27. The molecule has 0 fully saturated rings. The van der Waals surface area contributed by atoms with Crippen LogP contribution in [0.4, 0.5) is 19.0 Å². The summed E-state index contributed by atoms with van der Waals surface area (Å²) >= 11 is 13.7. The Hall–Kier alpha value is -1.41. The van der Waals surface area contributed by atoms with E-state index < -0.39 is 22.5 Å². The first kappa shape index (κ1) is 21.9. The molecule has 0 aliphatic carbocycles. The van der Waals surface area contributed by atoms with Crippen LogP contribution in [0, 0.1) is 11.3 Å². The summed E-state index contributed by atoms with van der Waals surface area (Å²) in [5.74, 6) is 0.891. The molecule has 2 aromatic rings. The first-order valence-corrected chi connectivity index (χ1v) is 11.0. The summed E-state index contributed by atoms with van der Waals surface area (Å²) < 4.78 is 52.1. The molecule has 146 valence electrons.